The highest BCUT2D eigenvalue weighted by atomic mass is 15.1. The minimum atomic E-state index is 0.508. The van der Waals surface area contributed by atoms with Crippen LogP contribution in [-0.2, 0) is 0 Å². The van der Waals surface area contributed by atoms with Crippen LogP contribution in [0.3, 0.4) is 0 Å². The summed E-state index contributed by atoms with van der Waals surface area (Å²) in [7, 11) is 0. The Bertz CT molecular complexity index is 547. The van der Waals surface area contributed by atoms with Gasteiger partial charge in [0.05, 0.1) is 5.52 Å². The van der Waals surface area contributed by atoms with Crippen LogP contribution in [0.4, 0.5) is 0 Å². The molecule has 16 heavy (non-hydrogen) atoms. The Kier molecular flexibility index (Phi) is 3.26. The van der Waals surface area contributed by atoms with E-state index in [0.717, 1.165) is 17.5 Å². The lowest BCUT2D eigenvalue weighted by atomic mass is 10.1. The van der Waals surface area contributed by atoms with Crippen LogP contribution >= 0.6 is 0 Å². The molecule has 0 spiro atoms. The van der Waals surface area contributed by atoms with Crippen LogP contribution in [-0.4, -0.2) is 11.5 Å². The highest BCUT2D eigenvalue weighted by molar-refractivity contribution is 5.87. The highest BCUT2D eigenvalue weighted by Crippen LogP contribution is 2.18. The molecular formula is C12H12N4. The zero-order chi connectivity index (χ0) is 11.2. The third-order valence-corrected chi connectivity index (χ3v) is 2.38. The van der Waals surface area contributed by atoms with Crippen molar-refractivity contribution in [2.75, 3.05) is 6.54 Å². The molecule has 0 bridgehead atoms. The normalized spacial score (nSPS) is 10.8. The molecule has 0 aliphatic rings. The van der Waals surface area contributed by atoms with E-state index in [-0.39, 0.29) is 0 Å². The van der Waals surface area contributed by atoms with E-state index in [4.69, 9.17) is 5.53 Å². The Hall–Kier alpha value is -2.19. The molecule has 0 amide bonds. The van der Waals surface area contributed by atoms with Crippen LogP contribution in [0.15, 0.2) is 41.7 Å². The molecule has 0 atom stereocenters. The van der Waals surface area contributed by atoms with E-state index >= 15 is 0 Å². The number of fused-ring (bicyclic) bond motifs is 1. The van der Waals surface area contributed by atoms with Crippen LogP contribution in [0.1, 0.15) is 12.0 Å². The molecule has 1 heterocycles. The predicted molar refractivity (Wildman–Crippen MR) is 66.0 cm³/mol. The third-order valence-electron chi connectivity index (χ3n) is 2.38. The molecule has 2 aromatic rings. The topological polar surface area (TPSA) is 64.6 Å². The van der Waals surface area contributed by atoms with Gasteiger partial charge in [-0.2, -0.15) is 0 Å². The van der Waals surface area contributed by atoms with Gasteiger partial charge < -0.3 is 4.98 Å². The minimum absolute atomic E-state index is 0.508. The average Bonchev–Trinajstić information content (AvgIpc) is 2.77. The summed E-state index contributed by atoms with van der Waals surface area (Å²) in [6.07, 6.45) is 6.76. The molecule has 0 unspecified atom stereocenters. The Morgan fingerprint density at radius 2 is 2.31 bits per heavy atom. The largest absolute Gasteiger partial charge is 0.361 e. The van der Waals surface area contributed by atoms with Crippen LogP contribution < -0.4 is 0 Å². The number of hydrogen-bond acceptors (Lipinski definition) is 1. The third kappa shape index (κ3) is 2.24. The summed E-state index contributed by atoms with van der Waals surface area (Å²) in [5.74, 6) is 0. The van der Waals surface area contributed by atoms with E-state index in [1.54, 1.807) is 0 Å². The number of aromatic nitrogens is 1. The first kappa shape index (κ1) is 10.3. The molecule has 0 fully saturated rings. The van der Waals surface area contributed by atoms with Crippen molar-refractivity contribution in [3.05, 3.63) is 52.5 Å². The van der Waals surface area contributed by atoms with Gasteiger partial charge in [-0.1, -0.05) is 35.5 Å². The number of hydrogen-bond donors (Lipinski definition) is 1. The van der Waals surface area contributed by atoms with Gasteiger partial charge in [0, 0.05) is 17.7 Å². The van der Waals surface area contributed by atoms with E-state index in [1.807, 2.05) is 30.5 Å². The molecule has 80 valence electrons. The first-order valence-corrected chi connectivity index (χ1v) is 5.15. The molecule has 0 saturated carbocycles. The number of benzene rings is 1. The molecule has 4 heteroatoms. The van der Waals surface area contributed by atoms with Crippen molar-refractivity contribution in [1.82, 2.24) is 4.98 Å². The maximum Gasteiger partial charge on any atom is 0.0527 e. The van der Waals surface area contributed by atoms with Crippen molar-refractivity contribution in [3.63, 3.8) is 0 Å². The Labute approximate surface area is 93.2 Å². The van der Waals surface area contributed by atoms with Crippen molar-refractivity contribution in [1.29, 1.82) is 0 Å². The van der Waals surface area contributed by atoms with Crippen LogP contribution in [0.5, 0.6) is 0 Å². The smallest absolute Gasteiger partial charge is 0.0527 e. The van der Waals surface area contributed by atoms with Crippen molar-refractivity contribution < 1.29 is 0 Å². The number of H-pyrrole nitrogens is 1. The number of para-hydroxylation sites is 1. The van der Waals surface area contributed by atoms with Gasteiger partial charge in [0.25, 0.3) is 0 Å². The summed E-state index contributed by atoms with van der Waals surface area (Å²) in [4.78, 5) is 5.91. The van der Waals surface area contributed by atoms with E-state index in [2.05, 4.69) is 27.1 Å². The maximum absolute atomic E-state index is 8.13. The van der Waals surface area contributed by atoms with E-state index < -0.39 is 0 Å². The van der Waals surface area contributed by atoms with Crippen molar-refractivity contribution in [3.8, 4) is 0 Å². The number of rotatable bonds is 4. The maximum atomic E-state index is 8.13. The molecule has 1 aromatic carbocycles. The Balaban J connectivity index is 2.14. The summed E-state index contributed by atoms with van der Waals surface area (Å²) in [5, 5.41) is 4.68. The van der Waals surface area contributed by atoms with Crippen molar-refractivity contribution in [2.24, 2.45) is 5.11 Å². The molecule has 1 N–H and O–H groups in total. The number of nitrogens with one attached hydrogen (secondary N) is 1. The molecule has 0 saturated heterocycles. The standard InChI is InChI=1S/C12H12N4/c13-16-15-8-2-1-4-10-5-3-6-11-7-9-14-12(10)11/h1,3-7,9,14H,2,8H2. The van der Waals surface area contributed by atoms with Gasteiger partial charge in [-0.15, -0.1) is 0 Å². The molecule has 0 aliphatic heterocycles. The van der Waals surface area contributed by atoms with E-state index in [0.29, 0.717) is 6.54 Å². The van der Waals surface area contributed by atoms with Crippen molar-refractivity contribution >= 4 is 17.0 Å². The monoisotopic (exact) mass is 212 g/mol. The van der Waals surface area contributed by atoms with Gasteiger partial charge in [0.2, 0.25) is 0 Å². The van der Waals surface area contributed by atoms with Gasteiger partial charge in [-0.05, 0) is 29.0 Å². The second kappa shape index (κ2) is 5.05. The predicted octanol–water partition coefficient (Wildman–Crippen LogP) is 3.88. The summed E-state index contributed by atoms with van der Waals surface area (Å²) in [5.41, 5.74) is 10.4. The molecule has 4 nitrogen and oxygen atoms in total. The number of azide groups is 1. The molecular weight excluding hydrogens is 200 g/mol. The Morgan fingerprint density at radius 1 is 1.38 bits per heavy atom. The van der Waals surface area contributed by atoms with Crippen molar-refractivity contribution in [2.45, 2.75) is 6.42 Å². The first-order chi connectivity index (χ1) is 7.92. The highest BCUT2D eigenvalue weighted by Gasteiger charge is 1.96. The summed E-state index contributed by atoms with van der Waals surface area (Å²) in [6.45, 7) is 0.508. The van der Waals surface area contributed by atoms with Crippen LogP contribution in [0.25, 0.3) is 27.4 Å². The lowest BCUT2D eigenvalue weighted by molar-refractivity contribution is 0.996. The lowest BCUT2D eigenvalue weighted by Crippen LogP contribution is -1.77. The summed E-state index contributed by atoms with van der Waals surface area (Å²) < 4.78 is 0. The van der Waals surface area contributed by atoms with E-state index in [9.17, 15) is 0 Å². The van der Waals surface area contributed by atoms with Gasteiger partial charge >= 0.3 is 0 Å². The first-order valence-electron chi connectivity index (χ1n) is 5.15. The molecule has 0 aliphatic carbocycles. The lowest BCUT2D eigenvalue weighted by Gasteiger charge is -1.96. The minimum Gasteiger partial charge on any atom is -0.361 e. The summed E-state index contributed by atoms with van der Waals surface area (Å²) in [6, 6.07) is 8.21. The van der Waals surface area contributed by atoms with Gasteiger partial charge in [0.15, 0.2) is 0 Å². The van der Waals surface area contributed by atoms with Gasteiger partial charge in [0.1, 0.15) is 0 Å². The fraction of sp³-hybridized carbons (Fsp3) is 0.167. The average molecular weight is 212 g/mol. The SMILES string of the molecule is [N-]=[N+]=NCCC=Cc1cccc2cc[nH]c12. The van der Waals surface area contributed by atoms with Crippen LogP contribution in [0.2, 0.25) is 0 Å². The van der Waals surface area contributed by atoms with Gasteiger partial charge in [-0.3, -0.25) is 0 Å². The number of nitrogens with zero attached hydrogens (tertiary/aromatic N) is 3. The van der Waals surface area contributed by atoms with Gasteiger partial charge in [-0.25, -0.2) is 0 Å². The molecule has 0 radical (unpaired) electrons. The fourth-order valence-electron chi connectivity index (χ4n) is 1.64. The summed E-state index contributed by atoms with van der Waals surface area (Å²) >= 11 is 0. The zero-order valence-electron chi connectivity index (χ0n) is 8.80. The quantitative estimate of drug-likeness (QED) is 0.346. The second-order valence-corrected chi connectivity index (χ2v) is 3.43. The van der Waals surface area contributed by atoms with E-state index in [1.165, 1.54) is 5.39 Å². The second-order valence-electron chi connectivity index (χ2n) is 3.43. The zero-order valence-corrected chi connectivity index (χ0v) is 8.80. The molecule has 1 aromatic heterocycles. The number of aromatic amines is 1. The fourth-order valence-corrected chi connectivity index (χ4v) is 1.64. The van der Waals surface area contributed by atoms with Crippen LogP contribution in [0, 0.1) is 0 Å². The Morgan fingerprint density at radius 3 is 3.19 bits per heavy atom. The molecule has 2 rings (SSSR count).